The average Bonchev–Trinajstić information content (AvgIpc) is 3.17. The summed E-state index contributed by atoms with van der Waals surface area (Å²) in [7, 11) is -3.38. The lowest BCUT2D eigenvalue weighted by Gasteiger charge is -2.31. The summed E-state index contributed by atoms with van der Waals surface area (Å²) < 4.78 is 80.2. The van der Waals surface area contributed by atoms with E-state index in [1.54, 1.807) is 0 Å². The van der Waals surface area contributed by atoms with E-state index in [0.717, 1.165) is 13.2 Å². The summed E-state index contributed by atoms with van der Waals surface area (Å²) in [4.78, 5) is 0. The fourth-order valence-corrected chi connectivity index (χ4v) is 5.99. The first-order valence-electron chi connectivity index (χ1n) is 11.0. The van der Waals surface area contributed by atoms with Gasteiger partial charge in [-0.2, -0.15) is 13.1 Å². The van der Waals surface area contributed by atoms with Crippen molar-refractivity contribution in [2.45, 2.75) is 49.9 Å². The number of ether oxygens (including phenoxy) is 1. The van der Waals surface area contributed by atoms with Gasteiger partial charge in [0.05, 0.1) is 31.6 Å². The number of halogens is 4. The topological polar surface area (TPSA) is 140 Å². The first-order valence-corrected chi connectivity index (χ1v) is 13.5. The summed E-state index contributed by atoms with van der Waals surface area (Å²) in [5.74, 6) is -3.98. The van der Waals surface area contributed by atoms with Crippen molar-refractivity contribution in [2.75, 3.05) is 23.8 Å². The van der Waals surface area contributed by atoms with Crippen molar-refractivity contribution in [1.82, 2.24) is 4.72 Å². The van der Waals surface area contributed by atoms with Crippen molar-refractivity contribution in [3.63, 3.8) is 0 Å². The first-order chi connectivity index (χ1) is 16.9. The third-order valence-corrected chi connectivity index (χ3v) is 7.78. The molecule has 0 radical (unpaired) electrons. The van der Waals surface area contributed by atoms with Gasteiger partial charge < -0.3 is 25.4 Å². The van der Waals surface area contributed by atoms with E-state index in [0.29, 0.717) is 16.1 Å². The monoisotopic (exact) mass is 645 g/mol. The molecule has 1 aliphatic carbocycles. The number of rotatable bonds is 11. The number of aliphatic hydroxyl groups excluding tert-OH is 3. The number of hydrogen-bond acceptors (Lipinski definition) is 7. The van der Waals surface area contributed by atoms with Crippen LogP contribution in [0.4, 0.5) is 30.2 Å². The molecule has 0 spiro atoms. The quantitative estimate of drug-likeness (QED) is 0.207. The Morgan fingerprint density at radius 2 is 1.94 bits per heavy atom. The van der Waals surface area contributed by atoms with Crippen LogP contribution in [0.1, 0.15) is 32.1 Å². The molecule has 6 N–H and O–H groups in total. The van der Waals surface area contributed by atoms with Crippen molar-refractivity contribution in [3.05, 3.63) is 45.3 Å². The van der Waals surface area contributed by atoms with E-state index in [1.165, 1.54) is 12.1 Å². The Labute approximate surface area is 220 Å². The highest BCUT2D eigenvalue weighted by Gasteiger charge is 2.42. The lowest BCUT2D eigenvalue weighted by molar-refractivity contribution is 0.0781. The molecule has 0 saturated heterocycles. The molecule has 36 heavy (non-hydrogen) atoms. The Hall–Kier alpha value is -1.85. The smallest absolute Gasteiger partial charge is 0.299 e. The van der Waals surface area contributed by atoms with Gasteiger partial charge in [0.2, 0.25) is 0 Å². The molecule has 0 bridgehead atoms. The van der Waals surface area contributed by atoms with E-state index in [-0.39, 0.29) is 37.1 Å². The van der Waals surface area contributed by atoms with Crippen LogP contribution in [-0.2, 0) is 10.2 Å². The first kappa shape index (κ1) is 28.7. The number of hydrogen-bond donors (Lipinski definition) is 6. The Balaban J connectivity index is 1.97. The van der Waals surface area contributed by atoms with Crippen LogP contribution in [0.2, 0.25) is 0 Å². The molecule has 3 atom stereocenters. The van der Waals surface area contributed by atoms with Crippen LogP contribution in [0.25, 0.3) is 0 Å². The lowest BCUT2D eigenvalue weighted by Crippen LogP contribution is -2.49. The molecule has 0 amide bonds. The maximum Gasteiger partial charge on any atom is 0.299 e. The molecule has 3 rings (SSSR count). The summed E-state index contributed by atoms with van der Waals surface area (Å²) in [6.45, 7) is -0.514. The van der Waals surface area contributed by atoms with Gasteiger partial charge in [-0.3, -0.25) is 4.72 Å². The van der Waals surface area contributed by atoms with Crippen LogP contribution >= 0.6 is 22.6 Å². The summed E-state index contributed by atoms with van der Waals surface area (Å²) >= 11 is 1.87. The van der Waals surface area contributed by atoms with Crippen molar-refractivity contribution in [2.24, 2.45) is 0 Å². The largest absolute Gasteiger partial charge is 0.494 e. The third-order valence-electron chi connectivity index (χ3n) is 5.93. The Kier molecular flexibility index (Phi) is 9.32. The van der Waals surface area contributed by atoms with Crippen molar-refractivity contribution in [1.29, 1.82) is 0 Å². The molecule has 2 aromatic carbocycles. The van der Waals surface area contributed by atoms with E-state index in [9.17, 15) is 31.8 Å². The number of benzene rings is 2. The number of anilines is 3. The summed E-state index contributed by atoms with van der Waals surface area (Å²) in [5.41, 5.74) is -2.61. The highest BCUT2D eigenvalue weighted by atomic mass is 127. The predicted octanol–water partition coefficient (Wildman–Crippen LogP) is 3.12. The van der Waals surface area contributed by atoms with Gasteiger partial charge in [-0.05, 0) is 72.9 Å². The van der Waals surface area contributed by atoms with Crippen molar-refractivity contribution in [3.8, 4) is 5.75 Å². The van der Waals surface area contributed by atoms with E-state index >= 15 is 0 Å². The minimum Gasteiger partial charge on any atom is -0.494 e. The Morgan fingerprint density at radius 1 is 1.22 bits per heavy atom. The Bertz CT molecular complexity index is 1210. The van der Waals surface area contributed by atoms with Gasteiger partial charge in [-0.25, -0.2) is 13.2 Å². The number of nitrogens with one attached hydrogen (secondary N) is 3. The van der Waals surface area contributed by atoms with Crippen LogP contribution in [0.3, 0.4) is 0 Å². The Morgan fingerprint density at radius 3 is 2.53 bits per heavy atom. The highest BCUT2D eigenvalue weighted by molar-refractivity contribution is 14.1. The van der Waals surface area contributed by atoms with Crippen LogP contribution in [0, 0.1) is 21.0 Å². The second kappa shape index (κ2) is 11.7. The SMILES string of the molecule is COc1cc(F)c(F)c(Nc2ccc(I)cc2F)c1NS(=O)(=O)NC1(CCC(O)CO)CCC(O)C1. The summed E-state index contributed by atoms with van der Waals surface area (Å²) in [5, 5.41) is 31.3. The van der Waals surface area contributed by atoms with Crippen LogP contribution in [0.5, 0.6) is 5.75 Å². The second-order valence-electron chi connectivity index (χ2n) is 8.63. The van der Waals surface area contributed by atoms with Crippen LogP contribution < -0.4 is 19.5 Å². The van der Waals surface area contributed by atoms with Crippen molar-refractivity contribution < 1.29 is 41.6 Å². The molecule has 1 fully saturated rings. The molecule has 9 nitrogen and oxygen atoms in total. The van der Waals surface area contributed by atoms with Gasteiger partial charge in [0, 0.05) is 15.2 Å². The minimum absolute atomic E-state index is 0.0416. The zero-order valence-electron chi connectivity index (χ0n) is 19.2. The average molecular weight is 645 g/mol. The molecule has 0 aromatic heterocycles. The standard InChI is InChI=1S/C22H27F3IN3O6S/c1-35-18-9-16(24)19(25)21(27-17-3-2-12(26)8-15(17)23)20(18)28-36(33,34)29-22(6-4-13(31)10-22)7-5-14(32)11-30/h2-3,8-9,13-14,27-32H,4-7,10-11H2,1H3. The zero-order valence-corrected chi connectivity index (χ0v) is 22.2. The molecule has 0 aliphatic heterocycles. The van der Waals surface area contributed by atoms with E-state index < -0.39 is 63.4 Å². The second-order valence-corrected chi connectivity index (χ2v) is 11.3. The minimum atomic E-state index is -4.51. The molecule has 1 aliphatic rings. The van der Waals surface area contributed by atoms with Crippen molar-refractivity contribution >= 4 is 49.9 Å². The zero-order chi connectivity index (χ0) is 26.7. The molecular formula is C22H27F3IN3O6S. The molecular weight excluding hydrogens is 618 g/mol. The van der Waals surface area contributed by atoms with E-state index in [1.807, 2.05) is 22.6 Å². The molecule has 200 valence electrons. The maximum atomic E-state index is 14.9. The van der Waals surface area contributed by atoms with Gasteiger partial charge in [0.25, 0.3) is 10.2 Å². The van der Waals surface area contributed by atoms with Gasteiger partial charge in [0.1, 0.15) is 22.9 Å². The summed E-state index contributed by atoms with van der Waals surface area (Å²) in [6, 6.07) is 4.60. The third kappa shape index (κ3) is 6.92. The number of aliphatic hydroxyl groups is 3. The van der Waals surface area contributed by atoms with Crippen LogP contribution in [-0.4, -0.2) is 55.2 Å². The normalized spacial score (nSPS) is 20.8. The van der Waals surface area contributed by atoms with Gasteiger partial charge in [0.15, 0.2) is 11.6 Å². The summed E-state index contributed by atoms with van der Waals surface area (Å²) in [6.07, 6.45) is -1.15. The van der Waals surface area contributed by atoms with Gasteiger partial charge in [-0.1, -0.05) is 0 Å². The fraction of sp³-hybridized carbons (Fsp3) is 0.455. The van der Waals surface area contributed by atoms with E-state index in [4.69, 9.17) is 9.84 Å². The van der Waals surface area contributed by atoms with Gasteiger partial charge in [-0.15, -0.1) is 0 Å². The fourth-order valence-electron chi connectivity index (χ4n) is 4.16. The van der Waals surface area contributed by atoms with Gasteiger partial charge >= 0.3 is 0 Å². The highest BCUT2D eigenvalue weighted by Crippen LogP contribution is 2.40. The molecule has 2 aromatic rings. The predicted molar refractivity (Wildman–Crippen MR) is 136 cm³/mol. The van der Waals surface area contributed by atoms with E-state index in [2.05, 4.69) is 14.8 Å². The molecule has 3 unspecified atom stereocenters. The molecule has 0 heterocycles. The molecule has 14 heteroatoms. The maximum absolute atomic E-state index is 14.9. The number of methoxy groups -OCH3 is 1. The lowest BCUT2D eigenvalue weighted by atomic mass is 9.91. The molecule has 1 saturated carbocycles. The van der Waals surface area contributed by atoms with Crippen LogP contribution in [0.15, 0.2) is 24.3 Å².